The SMILES string of the molecule is C=N/N=C(/C)OC[C@@H](N)CCC(=O)Nc1cc(Cl)cc(S)c1P. The van der Waals surface area contributed by atoms with E-state index in [0.29, 0.717) is 27.9 Å². The average Bonchev–Trinajstić information content (AvgIpc) is 2.48. The molecule has 1 rings (SSSR count). The van der Waals surface area contributed by atoms with Crippen LogP contribution in [0.1, 0.15) is 19.8 Å². The summed E-state index contributed by atoms with van der Waals surface area (Å²) < 4.78 is 5.27. The molecule has 0 radical (unpaired) electrons. The fraction of sp³-hybridized carbons (Fsp3) is 0.357. The topological polar surface area (TPSA) is 89.1 Å². The van der Waals surface area contributed by atoms with E-state index in [1.165, 1.54) is 0 Å². The van der Waals surface area contributed by atoms with Crippen LogP contribution in [0.3, 0.4) is 0 Å². The van der Waals surface area contributed by atoms with E-state index in [4.69, 9.17) is 22.1 Å². The second-order valence-corrected chi connectivity index (χ2v) is 6.30. The maximum Gasteiger partial charge on any atom is 0.224 e. The Morgan fingerprint density at radius 1 is 1.61 bits per heavy atom. The van der Waals surface area contributed by atoms with Crippen LogP contribution in [-0.2, 0) is 9.53 Å². The van der Waals surface area contributed by atoms with Crippen molar-refractivity contribution in [3.05, 3.63) is 17.2 Å². The van der Waals surface area contributed by atoms with Crippen LogP contribution in [0.15, 0.2) is 27.2 Å². The fourth-order valence-corrected chi connectivity index (χ4v) is 2.47. The Morgan fingerprint density at radius 2 is 2.30 bits per heavy atom. The van der Waals surface area contributed by atoms with Crippen LogP contribution >= 0.6 is 33.5 Å². The van der Waals surface area contributed by atoms with Gasteiger partial charge in [0.05, 0.1) is 5.69 Å². The third-order valence-electron chi connectivity index (χ3n) is 2.86. The van der Waals surface area contributed by atoms with Crippen molar-refractivity contribution in [2.75, 3.05) is 11.9 Å². The number of carbonyl (C=O) groups is 1. The number of nitrogens with zero attached hydrogens (tertiary/aromatic N) is 2. The van der Waals surface area contributed by atoms with Gasteiger partial charge >= 0.3 is 0 Å². The van der Waals surface area contributed by atoms with Gasteiger partial charge in [-0.15, -0.1) is 27.0 Å². The van der Waals surface area contributed by atoms with Crippen LogP contribution in [0.5, 0.6) is 0 Å². The van der Waals surface area contributed by atoms with Gasteiger partial charge in [-0.3, -0.25) is 4.79 Å². The zero-order valence-corrected chi connectivity index (χ0v) is 15.6. The second kappa shape index (κ2) is 9.88. The number of rotatable bonds is 7. The van der Waals surface area contributed by atoms with Gasteiger partial charge in [0, 0.05) is 41.3 Å². The number of thiol groups is 1. The minimum atomic E-state index is -0.286. The number of nitrogens with one attached hydrogen (secondary N) is 1. The minimum Gasteiger partial charge on any atom is -0.478 e. The van der Waals surface area contributed by atoms with E-state index in [1.807, 2.05) is 0 Å². The maximum absolute atomic E-state index is 12.0. The molecule has 0 saturated heterocycles. The van der Waals surface area contributed by atoms with Crippen molar-refractivity contribution < 1.29 is 9.53 Å². The van der Waals surface area contributed by atoms with Crippen molar-refractivity contribution in [3.8, 4) is 0 Å². The third-order valence-corrected chi connectivity index (χ3v) is 4.31. The van der Waals surface area contributed by atoms with E-state index >= 15 is 0 Å². The van der Waals surface area contributed by atoms with Gasteiger partial charge in [0.2, 0.25) is 11.8 Å². The molecule has 0 saturated carbocycles. The highest BCUT2D eigenvalue weighted by Gasteiger charge is 2.11. The van der Waals surface area contributed by atoms with Gasteiger partial charge in [0.25, 0.3) is 0 Å². The number of amides is 1. The summed E-state index contributed by atoms with van der Waals surface area (Å²) in [6.07, 6.45) is 0.736. The molecule has 1 aromatic rings. The molecule has 1 aromatic carbocycles. The van der Waals surface area contributed by atoms with Gasteiger partial charge in [-0.1, -0.05) is 11.6 Å². The molecule has 3 N–H and O–H groups in total. The summed E-state index contributed by atoms with van der Waals surface area (Å²) in [5, 5.41) is 11.1. The number of ether oxygens (including phenoxy) is 1. The van der Waals surface area contributed by atoms with Crippen molar-refractivity contribution in [1.29, 1.82) is 0 Å². The van der Waals surface area contributed by atoms with Crippen LogP contribution in [0.25, 0.3) is 0 Å². The first-order valence-corrected chi connectivity index (χ1v) is 8.20. The Balaban J connectivity index is 2.46. The van der Waals surface area contributed by atoms with Crippen molar-refractivity contribution in [1.82, 2.24) is 0 Å². The smallest absolute Gasteiger partial charge is 0.224 e. The van der Waals surface area contributed by atoms with Crippen LogP contribution in [0.2, 0.25) is 5.02 Å². The first-order chi connectivity index (χ1) is 10.8. The molecule has 1 unspecified atom stereocenters. The van der Waals surface area contributed by atoms with Gasteiger partial charge in [-0.05, 0) is 18.6 Å². The molecule has 0 fully saturated rings. The van der Waals surface area contributed by atoms with Crippen molar-refractivity contribution >= 4 is 63.0 Å². The Hall–Kier alpha value is -1.14. The first kappa shape index (κ1) is 19.9. The Morgan fingerprint density at radius 3 is 2.96 bits per heavy atom. The van der Waals surface area contributed by atoms with E-state index in [1.54, 1.807) is 19.1 Å². The minimum absolute atomic E-state index is 0.155. The van der Waals surface area contributed by atoms with Gasteiger partial charge in [-0.25, -0.2) is 0 Å². The highest BCUT2D eigenvalue weighted by molar-refractivity contribution is 7.80. The summed E-state index contributed by atoms with van der Waals surface area (Å²) in [6, 6.07) is 3.09. The number of halogens is 1. The summed E-state index contributed by atoms with van der Waals surface area (Å²) in [6.45, 7) is 5.14. The number of hydrogen-bond acceptors (Lipinski definition) is 6. The lowest BCUT2D eigenvalue weighted by molar-refractivity contribution is -0.116. The Labute approximate surface area is 148 Å². The van der Waals surface area contributed by atoms with Crippen LogP contribution < -0.4 is 16.4 Å². The molecule has 6 nitrogen and oxygen atoms in total. The van der Waals surface area contributed by atoms with Crippen molar-refractivity contribution in [3.63, 3.8) is 0 Å². The highest BCUT2D eigenvalue weighted by Crippen LogP contribution is 2.22. The van der Waals surface area contributed by atoms with E-state index in [0.717, 1.165) is 5.30 Å². The molecule has 0 aliphatic heterocycles. The van der Waals surface area contributed by atoms with Crippen LogP contribution in [0.4, 0.5) is 5.69 Å². The van der Waals surface area contributed by atoms with Crippen molar-refractivity contribution in [2.24, 2.45) is 15.9 Å². The fourth-order valence-electron chi connectivity index (χ4n) is 1.68. The number of benzene rings is 1. The molecule has 126 valence electrons. The molecular formula is C14H20ClN4O2PS. The summed E-state index contributed by atoms with van der Waals surface area (Å²) in [7, 11) is 2.53. The number of anilines is 1. The molecule has 23 heavy (non-hydrogen) atoms. The molecule has 0 bridgehead atoms. The van der Waals surface area contributed by atoms with Crippen LogP contribution in [-0.4, -0.2) is 31.2 Å². The molecule has 2 atom stereocenters. The first-order valence-electron chi connectivity index (χ1n) is 6.80. The van der Waals surface area contributed by atoms with Gasteiger partial charge in [0.15, 0.2) is 0 Å². The quantitative estimate of drug-likeness (QED) is 0.225. The van der Waals surface area contributed by atoms with E-state index in [2.05, 4.69) is 44.1 Å². The van der Waals surface area contributed by atoms with Crippen LogP contribution in [0, 0.1) is 0 Å². The molecule has 1 amide bonds. The van der Waals surface area contributed by atoms with Gasteiger partial charge in [0.1, 0.15) is 6.61 Å². The lowest BCUT2D eigenvalue weighted by Crippen LogP contribution is -2.29. The summed E-state index contributed by atoms with van der Waals surface area (Å²) in [4.78, 5) is 12.7. The molecule has 0 aliphatic rings. The number of carbonyl (C=O) groups excluding carboxylic acids is 1. The van der Waals surface area contributed by atoms with E-state index in [9.17, 15) is 4.79 Å². The predicted molar refractivity (Wildman–Crippen MR) is 102 cm³/mol. The van der Waals surface area contributed by atoms with E-state index < -0.39 is 0 Å². The normalized spacial score (nSPS) is 12.7. The summed E-state index contributed by atoms with van der Waals surface area (Å²) in [5.41, 5.74) is 6.51. The zero-order chi connectivity index (χ0) is 17.4. The zero-order valence-electron chi connectivity index (χ0n) is 12.8. The Kier molecular flexibility index (Phi) is 8.55. The van der Waals surface area contributed by atoms with Gasteiger partial charge < -0.3 is 15.8 Å². The standard InChI is InChI=1S/C14H20ClN4O2PS/c1-8(19-17-2)21-7-10(16)3-4-13(20)18-11-5-9(15)6-12(23)14(11)22/h5-6,10,23H,2-4,7,16,22H2,1H3,(H,18,20)/b19-8-/t10-/m0/s1. The largest absolute Gasteiger partial charge is 0.478 e. The third kappa shape index (κ3) is 7.31. The van der Waals surface area contributed by atoms with E-state index in [-0.39, 0.29) is 25.0 Å². The van der Waals surface area contributed by atoms with Gasteiger partial charge in [-0.2, -0.15) is 5.10 Å². The Bertz CT molecular complexity index is 613. The monoisotopic (exact) mass is 374 g/mol. The molecule has 9 heteroatoms. The summed E-state index contributed by atoms with van der Waals surface area (Å²) >= 11 is 10.3. The number of hydrogen-bond donors (Lipinski definition) is 3. The van der Waals surface area contributed by atoms with Crippen molar-refractivity contribution in [2.45, 2.75) is 30.7 Å². The lowest BCUT2D eigenvalue weighted by atomic mass is 10.1. The molecule has 0 heterocycles. The predicted octanol–water partition coefficient (Wildman–Crippen LogP) is 2.23. The highest BCUT2D eigenvalue weighted by atomic mass is 35.5. The molecule has 0 aliphatic carbocycles. The maximum atomic E-state index is 12.0. The lowest BCUT2D eigenvalue weighted by Gasteiger charge is -2.13. The molecule has 0 spiro atoms. The number of nitrogens with two attached hydrogens (primary N) is 1. The second-order valence-electron chi connectivity index (χ2n) is 4.80. The molecular weight excluding hydrogens is 355 g/mol. The summed E-state index contributed by atoms with van der Waals surface area (Å²) in [5.74, 6) is 0.227. The average molecular weight is 375 g/mol. The molecule has 0 aromatic heterocycles.